The summed E-state index contributed by atoms with van der Waals surface area (Å²) in [4.78, 5) is 12.3. The van der Waals surface area contributed by atoms with Gasteiger partial charge >= 0.3 is 0 Å². The SMILES string of the molecule is NC1C2CCCC1CC(C(=O)Nc1nnc(C(F)F)s1)C2. The number of amides is 1. The number of carbonyl (C=O) groups is 1. The first-order chi connectivity index (χ1) is 10.0. The first-order valence-corrected chi connectivity index (χ1v) is 8.04. The summed E-state index contributed by atoms with van der Waals surface area (Å²) in [5, 5.41) is 9.36. The largest absolute Gasteiger partial charge is 0.327 e. The summed E-state index contributed by atoms with van der Waals surface area (Å²) < 4.78 is 24.9. The minimum absolute atomic E-state index is 0.0981. The number of nitrogens with zero attached hydrogens (tertiary/aromatic N) is 2. The van der Waals surface area contributed by atoms with E-state index in [4.69, 9.17) is 5.73 Å². The second kappa shape index (κ2) is 5.92. The smallest absolute Gasteiger partial charge is 0.291 e. The number of carbonyl (C=O) groups excluding carboxylic acids is 1. The molecule has 2 bridgehead atoms. The molecule has 2 unspecified atom stereocenters. The zero-order valence-electron chi connectivity index (χ0n) is 11.5. The van der Waals surface area contributed by atoms with E-state index in [0.717, 1.165) is 37.0 Å². The predicted molar refractivity (Wildman–Crippen MR) is 75.0 cm³/mol. The minimum Gasteiger partial charge on any atom is -0.327 e. The third kappa shape index (κ3) is 3.06. The maximum Gasteiger partial charge on any atom is 0.291 e. The molecule has 0 radical (unpaired) electrons. The van der Waals surface area contributed by atoms with Crippen LogP contribution < -0.4 is 11.1 Å². The second-order valence-electron chi connectivity index (χ2n) is 5.93. The predicted octanol–water partition coefficient (Wildman–Crippen LogP) is 2.57. The fourth-order valence-electron chi connectivity index (χ4n) is 3.58. The first-order valence-electron chi connectivity index (χ1n) is 7.22. The van der Waals surface area contributed by atoms with Crippen LogP contribution in [-0.4, -0.2) is 22.1 Å². The van der Waals surface area contributed by atoms with E-state index in [-0.39, 0.29) is 28.0 Å². The average Bonchev–Trinajstić information content (AvgIpc) is 2.87. The van der Waals surface area contributed by atoms with Crippen LogP contribution in [0.5, 0.6) is 0 Å². The number of rotatable bonds is 3. The molecule has 2 aliphatic carbocycles. The molecule has 0 saturated heterocycles. The topological polar surface area (TPSA) is 80.9 Å². The number of hydrogen-bond acceptors (Lipinski definition) is 5. The molecule has 1 aromatic rings. The Labute approximate surface area is 125 Å². The number of anilines is 1. The molecule has 2 aliphatic rings. The molecule has 3 rings (SSSR count). The van der Waals surface area contributed by atoms with Gasteiger partial charge in [0.2, 0.25) is 11.0 Å². The highest BCUT2D eigenvalue weighted by Gasteiger charge is 2.40. The maximum absolute atomic E-state index is 12.5. The lowest BCUT2D eigenvalue weighted by Gasteiger charge is -2.43. The summed E-state index contributed by atoms with van der Waals surface area (Å²) in [6, 6.07) is 0.203. The van der Waals surface area contributed by atoms with E-state index in [1.54, 1.807) is 0 Å². The van der Waals surface area contributed by atoms with Crippen molar-refractivity contribution in [3.8, 4) is 0 Å². The molecule has 1 heterocycles. The van der Waals surface area contributed by atoms with Crippen molar-refractivity contribution in [2.24, 2.45) is 23.5 Å². The van der Waals surface area contributed by atoms with Crippen molar-refractivity contribution >= 4 is 22.4 Å². The molecule has 0 aromatic carbocycles. The lowest BCUT2D eigenvalue weighted by atomic mass is 9.65. The molecule has 1 aromatic heterocycles. The second-order valence-corrected chi connectivity index (χ2v) is 6.94. The van der Waals surface area contributed by atoms with Crippen molar-refractivity contribution in [2.45, 2.75) is 44.6 Å². The van der Waals surface area contributed by atoms with Gasteiger partial charge in [-0.05, 0) is 37.5 Å². The highest BCUT2D eigenvalue weighted by Crippen LogP contribution is 2.42. The van der Waals surface area contributed by atoms with Gasteiger partial charge in [-0.15, -0.1) is 10.2 Å². The van der Waals surface area contributed by atoms with E-state index >= 15 is 0 Å². The molecule has 1 amide bonds. The highest BCUT2D eigenvalue weighted by molar-refractivity contribution is 7.15. The van der Waals surface area contributed by atoms with E-state index in [1.807, 2.05) is 0 Å². The Morgan fingerprint density at radius 2 is 1.95 bits per heavy atom. The van der Waals surface area contributed by atoms with Crippen LogP contribution in [-0.2, 0) is 4.79 Å². The van der Waals surface area contributed by atoms with E-state index in [0.29, 0.717) is 11.8 Å². The Kier molecular flexibility index (Phi) is 4.17. The Morgan fingerprint density at radius 1 is 1.29 bits per heavy atom. The van der Waals surface area contributed by atoms with Crippen LogP contribution in [0.25, 0.3) is 0 Å². The zero-order chi connectivity index (χ0) is 15.0. The monoisotopic (exact) mass is 316 g/mol. The summed E-state index contributed by atoms with van der Waals surface area (Å²) in [6.45, 7) is 0. The van der Waals surface area contributed by atoms with Gasteiger partial charge in [0.1, 0.15) is 0 Å². The van der Waals surface area contributed by atoms with Gasteiger partial charge in [0, 0.05) is 12.0 Å². The molecule has 2 saturated carbocycles. The summed E-state index contributed by atoms with van der Waals surface area (Å²) in [6.07, 6.45) is 2.26. The van der Waals surface area contributed by atoms with Crippen molar-refractivity contribution in [3.05, 3.63) is 5.01 Å². The van der Waals surface area contributed by atoms with Gasteiger partial charge in [0.25, 0.3) is 6.43 Å². The molecule has 3 N–H and O–H groups in total. The van der Waals surface area contributed by atoms with Gasteiger partial charge in [-0.25, -0.2) is 8.78 Å². The first kappa shape index (κ1) is 14.8. The van der Waals surface area contributed by atoms with Crippen molar-refractivity contribution in [1.82, 2.24) is 10.2 Å². The summed E-state index contributed by atoms with van der Waals surface area (Å²) in [5.41, 5.74) is 6.20. The minimum atomic E-state index is -2.65. The van der Waals surface area contributed by atoms with Crippen molar-refractivity contribution < 1.29 is 13.6 Å². The molecule has 5 nitrogen and oxygen atoms in total. The number of alkyl halides is 2. The standard InChI is InChI=1S/C13H18F2N4OS/c14-10(15)12-18-19-13(21-12)17-11(20)8-4-6-2-1-3-7(5-8)9(6)16/h6-10H,1-5,16H2,(H,17,19,20). The fourth-order valence-corrected chi connectivity index (χ4v) is 4.19. The third-order valence-corrected chi connectivity index (χ3v) is 5.49. The fraction of sp³-hybridized carbons (Fsp3) is 0.769. The van der Waals surface area contributed by atoms with Crippen molar-refractivity contribution in [1.29, 1.82) is 0 Å². The number of fused-ring (bicyclic) bond motifs is 2. The van der Waals surface area contributed by atoms with E-state index in [2.05, 4.69) is 15.5 Å². The van der Waals surface area contributed by atoms with Crippen LogP contribution in [0.4, 0.5) is 13.9 Å². The average molecular weight is 316 g/mol. The number of nitrogens with two attached hydrogens (primary N) is 1. The van der Waals surface area contributed by atoms with Crippen LogP contribution >= 0.6 is 11.3 Å². The van der Waals surface area contributed by atoms with Crippen LogP contribution in [0.2, 0.25) is 0 Å². The normalized spacial score (nSPS) is 32.2. The zero-order valence-corrected chi connectivity index (χ0v) is 12.3. The van der Waals surface area contributed by atoms with Crippen LogP contribution in [0.3, 0.4) is 0 Å². The molecule has 2 fully saturated rings. The number of aromatic nitrogens is 2. The van der Waals surface area contributed by atoms with Gasteiger partial charge in [0.05, 0.1) is 0 Å². The summed E-state index contributed by atoms with van der Waals surface area (Å²) in [7, 11) is 0. The van der Waals surface area contributed by atoms with Crippen molar-refractivity contribution in [2.75, 3.05) is 5.32 Å². The Bertz CT molecular complexity index is 510. The molecule has 21 heavy (non-hydrogen) atoms. The maximum atomic E-state index is 12.5. The summed E-state index contributed by atoms with van der Waals surface area (Å²) in [5.74, 6) is 0.563. The quantitative estimate of drug-likeness (QED) is 0.898. The molecular weight excluding hydrogens is 298 g/mol. The Balaban J connectivity index is 1.63. The Morgan fingerprint density at radius 3 is 2.52 bits per heavy atom. The van der Waals surface area contributed by atoms with Gasteiger partial charge in [0.15, 0.2) is 5.01 Å². The van der Waals surface area contributed by atoms with E-state index in [9.17, 15) is 13.6 Å². The molecule has 8 heteroatoms. The van der Waals surface area contributed by atoms with Gasteiger partial charge < -0.3 is 11.1 Å². The lowest BCUT2D eigenvalue weighted by Crippen LogP contribution is -2.48. The van der Waals surface area contributed by atoms with Crippen LogP contribution in [0.15, 0.2) is 0 Å². The molecular formula is C13H18F2N4OS. The lowest BCUT2D eigenvalue weighted by molar-refractivity contribution is -0.122. The van der Waals surface area contributed by atoms with Crippen LogP contribution in [0.1, 0.15) is 43.5 Å². The third-order valence-electron chi connectivity index (χ3n) is 4.64. The number of nitrogens with one attached hydrogen (secondary N) is 1. The van der Waals surface area contributed by atoms with Gasteiger partial charge in [-0.3, -0.25) is 4.79 Å². The molecule has 2 atom stereocenters. The van der Waals surface area contributed by atoms with E-state index < -0.39 is 6.43 Å². The van der Waals surface area contributed by atoms with Gasteiger partial charge in [-0.2, -0.15) is 0 Å². The van der Waals surface area contributed by atoms with Gasteiger partial charge in [-0.1, -0.05) is 17.8 Å². The van der Waals surface area contributed by atoms with Crippen molar-refractivity contribution in [3.63, 3.8) is 0 Å². The van der Waals surface area contributed by atoms with Crippen LogP contribution in [0, 0.1) is 17.8 Å². The number of hydrogen-bond donors (Lipinski definition) is 2. The molecule has 116 valence electrons. The molecule has 0 aliphatic heterocycles. The number of halogens is 2. The highest BCUT2D eigenvalue weighted by atomic mass is 32.1. The summed E-state index contributed by atoms with van der Waals surface area (Å²) >= 11 is 0.726. The van der Waals surface area contributed by atoms with E-state index in [1.165, 1.54) is 6.42 Å². The molecule has 0 spiro atoms. The Hall–Kier alpha value is -1.15.